The minimum Gasteiger partial charge on any atom is -0.496 e. The van der Waals surface area contributed by atoms with Crippen molar-refractivity contribution in [2.45, 2.75) is 52.7 Å². The van der Waals surface area contributed by atoms with E-state index in [9.17, 15) is 0 Å². The highest BCUT2D eigenvalue weighted by atomic mass is 16.5. The molecule has 0 aliphatic rings. The first-order valence-corrected chi connectivity index (χ1v) is 7.20. The summed E-state index contributed by atoms with van der Waals surface area (Å²) in [6.45, 7) is 9.45. The van der Waals surface area contributed by atoms with E-state index in [-0.39, 0.29) is 12.1 Å². The molecule has 0 saturated carbocycles. The molecule has 0 heterocycles. The monoisotopic (exact) mass is 265 g/mol. The second-order valence-corrected chi connectivity index (χ2v) is 4.87. The highest BCUT2D eigenvalue weighted by Gasteiger charge is 2.17. The Balaban J connectivity index is 3.01. The molecule has 0 fully saturated rings. The average molecular weight is 265 g/mol. The van der Waals surface area contributed by atoms with Gasteiger partial charge < -0.3 is 14.8 Å². The van der Waals surface area contributed by atoms with Crippen molar-refractivity contribution >= 4 is 0 Å². The predicted molar refractivity (Wildman–Crippen MR) is 80.1 cm³/mol. The SMILES string of the molecule is CCCC(C)Oc1cccc(OC)c1C(C)NCC. The van der Waals surface area contributed by atoms with Crippen LogP contribution in [-0.4, -0.2) is 19.8 Å². The van der Waals surface area contributed by atoms with Crippen LogP contribution < -0.4 is 14.8 Å². The lowest BCUT2D eigenvalue weighted by molar-refractivity contribution is 0.205. The molecule has 108 valence electrons. The van der Waals surface area contributed by atoms with Crippen LogP contribution in [0, 0.1) is 0 Å². The topological polar surface area (TPSA) is 30.5 Å². The Labute approximate surface area is 117 Å². The van der Waals surface area contributed by atoms with E-state index in [0.29, 0.717) is 0 Å². The minimum absolute atomic E-state index is 0.213. The van der Waals surface area contributed by atoms with E-state index in [1.54, 1.807) is 7.11 Å². The smallest absolute Gasteiger partial charge is 0.128 e. The van der Waals surface area contributed by atoms with Crippen molar-refractivity contribution in [3.8, 4) is 11.5 Å². The zero-order chi connectivity index (χ0) is 14.3. The van der Waals surface area contributed by atoms with Gasteiger partial charge in [0, 0.05) is 6.04 Å². The lowest BCUT2D eigenvalue weighted by Crippen LogP contribution is -2.20. The lowest BCUT2D eigenvalue weighted by atomic mass is 10.1. The summed E-state index contributed by atoms with van der Waals surface area (Å²) < 4.78 is 11.6. The van der Waals surface area contributed by atoms with E-state index in [4.69, 9.17) is 9.47 Å². The fraction of sp³-hybridized carbons (Fsp3) is 0.625. The highest BCUT2D eigenvalue weighted by Crippen LogP contribution is 2.34. The summed E-state index contributed by atoms with van der Waals surface area (Å²) in [5.41, 5.74) is 1.11. The van der Waals surface area contributed by atoms with E-state index in [0.717, 1.165) is 36.4 Å². The van der Waals surface area contributed by atoms with Crippen LogP contribution >= 0.6 is 0 Å². The Kier molecular flexibility index (Phi) is 6.71. The highest BCUT2D eigenvalue weighted by molar-refractivity contribution is 5.46. The van der Waals surface area contributed by atoms with Gasteiger partial charge >= 0.3 is 0 Å². The standard InChI is InChI=1S/C16H27NO2/c1-6-9-12(3)19-15-11-8-10-14(18-5)16(15)13(4)17-7-2/h8,10-13,17H,6-7,9H2,1-5H3. The first kappa shape index (κ1) is 15.8. The van der Waals surface area contributed by atoms with Gasteiger partial charge in [-0.15, -0.1) is 0 Å². The third kappa shape index (κ3) is 4.43. The van der Waals surface area contributed by atoms with Crippen molar-refractivity contribution in [3.63, 3.8) is 0 Å². The summed E-state index contributed by atoms with van der Waals surface area (Å²) in [7, 11) is 1.71. The second kappa shape index (κ2) is 8.05. The molecule has 0 radical (unpaired) electrons. The number of ether oxygens (including phenoxy) is 2. The summed E-state index contributed by atoms with van der Waals surface area (Å²) >= 11 is 0. The van der Waals surface area contributed by atoms with Crippen LogP contribution in [-0.2, 0) is 0 Å². The maximum absolute atomic E-state index is 6.08. The van der Waals surface area contributed by atoms with E-state index in [1.807, 2.05) is 18.2 Å². The fourth-order valence-electron chi connectivity index (χ4n) is 2.32. The molecule has 1 aromatic carbocycles. The van der Waals surface area contributed by atoms with E-state index in [2.05, 4.69) is 33.0 Å². The molecule has 1 aromatic rings. The van der Waals surface area contributed by atoms with Crippen molar-refractivity contribution in [2.24, 2.45) is 0 Å². The molecule has 19 heavy (non-hydrogen) atoms. The summed E-state index contributed by atoms with van der Waals surface area (Å²) in [6, 6.07) is 6.21. The number of methoxy groups -OCH3 is 1. The zero-order valence-corrected chi connectivity index (χ0v) is 12.8. The Hall–Kier alpha value is -1.22. The molecule has 0 aliphatic heterocycles. The molecule has 0 saturated heterocycles. The largest absolute Gasteiger partial charge is 0.496 e. The molecule has 0 spiro atoms. The normalized spacial score (nSPS) is 13.9. The third-order valence-electron chi connectivity index (χ3n) is 3.21. The van der Waals surface area contributed by atoms with Gasteiger partial charge in [-0.3, -0.25) is 0 Å². The number of hydrogen-bond donors (Lipinski definition) is 1. The van der Waals surface area contributed by atoms with Gasteiger partial charge in [-0.1, -0.05) is 26.3 Å². The Bertz CT molecular complexity index is 379. The van der Waals surface area contributed by atoms with Crippen LogP contribution in [0.25, 0.3) is 0 Å². The van der Waals surface area contributed by atoms with Gasteiger partial charge in [0.05, 0.1) is 18.8 Å². The first-order valence-electron chi connectivity index (χ1n) is 7.20. The molecular weight excluding hydrogens is 238 g/mol. The van der Waals surface area contributed by atoms with Crippen molar-refractivity contribution in [1.82, 2.24) is 5.32 Å². The van der Waals surface area contributed by atoms with E-state index < -0.39 is 0 Å². The lowest BCUT2D eigenvalue weighted by Gasteiger charge is -2.22. The number of rotatable bonds is 8. The molecule has 3 heteroatoms. The second-order valence-electron chi connectivity index (χ2n) is 4.87. The minimum atomic E-state index is 0.213. The van der Waals surface area contributed by atoms with Crippen molar-refractivity contribution in [3.05, 3.63) is 23.8 Å². The number of nitrogens with one attached hydrogen (secondary N) is 1. The van der Waals surface area contributed by atoms with Crippen LogP contribution in [0.5, 0.6) is 11.5 Å². The van der Waals surface area contributed by atoms with Crippen LogP contribution in [0.2, 0.25) is 0 Å². The molecule has 0 aromatic heterocycles. The molecular formula is C16H27NO2. The van der Waals surface area contributed by atoms with Gasteiger partial charge in [-0.25, -0.2) is 0 Å². The zero-order valence-electron chi connectivity index (χ0n) is 12.8. The van der Waals surface area contributed by atoms with Crippen LogP contribution in [0.4, 0.5) is 0 Å². The van der Waals surface area contributed by atoms with Crippen molar-refractivity contribution in [2.75, 3.05) is 13.7 Å². The Morgan fingerprint density at radius 3 is 2.42 bits per heavy atom. The Morgan fingerprint density at radius 1 is 1.16 bits per heavy atom. The third-order valence-corrected chi connectivity index (χ3v) is 3.21. The van der Waals surface area contributed by atoms with Gasteiger partial charge in [0.15, 0.2) is 0 Å². The predicted octanol–water partition coefficient (Wildman–Crippen LogP) is 3.93. The molecule has 0 bridgehead atoms. The molecule has 2 atom stereocenters. The van der Waals surface area contributed by atoms with Crippen LogP contribution in [0.1, 0.15) is 52.1 Å². The van der Waals surface area contributed by atoms with Gasteiger partial charge in [-0.05, 0) is 38.9 Å². The van der Waals surface area contributed by atoms with Crippen molar-refractivity contribution in [1.29, 1.82) is 0 Å². The van der Waals surface area contributed by atoms with Gasteiger partial charge in [0.1, 0.15) is 11.5 Å². The summed E-state index contributed by atoms with van der Waals surface area (Å²) in [4.78, 5) is 0. The Morgan fingerprint density at radius 2 is 1.84 bits per heavy atom. The molecule has 0 amide bonds. The van der Waals surface area contributed by atoms with Crippen LogP contribution in [0.15, 0.2) is 18.2 Å². The van der Waals surface area contributed by atoms with E-state index >= 15 is 0 Å². The van der Waals surface area contributed by atoms with Gasteiger partial charge in [0.25, 0.3) is 0 Å². The maximum atomic E-state index is 6.08. The molecule has 1 rings (SSSR count). The fourth-order valence-corrected chi connectivity index (χ4v) is 2.32. The van der Waals surface area contributed by atoms with Crippen LogP contribution in [0.3, 0.4) is 0 Å². The molecule has 0 aliphatic carbocycles. The maximum Gasteiger partial charge on any atom is 0.128 e. The van der Waals surface area contributed by atoms with E-state index in [1.165, 1.54) is 0 Å². The quantitative estimate of drug-likeness (QED) is 0.772. The number of hydrogen-bond acceptors (Lipinski definition) is 3. The summed E-state index contributed by atoms with van der Waals surface area (Å²) in [6.07, 6.45) is 2.42. The molecule has 3 nitrogen and oxygen atoms in total. The van der Waals surface area contributed by atoms with Gasteiger partial charge in [0.2, 0.25) is 0 Å². The summed E-state index contributed by atoms with van der Waals surface area (Å²) in [5.74, 6) is 1.81. The molecule has 2 unspecified atom stereocenters. The molecule has 1 N–H and O–H groups in total. The van der Waals surface area contributed by atoms with Crippen molar-refractivity contribution < 1.29 is 9.47 Å². The summed E-state index contributed by atoms with van der Waals surface area (Å²) in [5, 5.41) is 3.42. The van der Waals surface area contributed by atoms with Gasteiger partial charge in [-0.2, -0.15) is 0 Å². The average Bonchev–Trinajstić information content (AvgIpc) is 2.38. The number of benzene rings is 1. The first-order chi connectivity index (χ1) is 9.13.